The van der Waals surface area contributed by atoms with Crippen LogP contribution in [0.25, 0.3) is 0 Å². The third-order valence-electron chi connectivity index (χ3n) is 3.89. The van der Waals surface area contributed by atoms with Crippen molar-refractivity contribution >= 4 is 0 Å². The third kappa shape index (κ3) is 4.50. The van der Waals surface area contributed by atoms with Gasteiger partial charge in [-0.05, 0) is 32.8 Å². The zero-order chi connectivity index (χ0) is 14.4. The van der Waals surface area contributed by atoms with Gasteiger partial charge in [0.1, 0.15) is 5.75 Å². The van der Waals surface area contributed by atoms with Gasteiger partial charge in [0, 0.05) is 18.7 Å². The van der Waals surface area contributed by atoms with Crippen LogP contribution in [0.4, 0.5) is 0 Å². The Morgan fingerprint density at radius 2 is 1.90 bits per heavy atom. The van der Waals surface area contributed by atoms with Crippen molar-refractivity contribution in [2.24, 2.45) is 0 Å². The molecule has 1 aliphatic carbocycles. The van der Waals surface area contributed by atoms with Crippen molar-refractivity contribution in [2.75, 3.05) is 6.54 Å². The average molecular weight is 277 g/mol. The van der Waals surface area contributed by atoms with Gasteiger partial charge in [-0.1, -0.05) is 37.5 Å². The van der Waals surface area contributed by atoms with Crippen LogP contribution in [0.3, 0.4) is 0 Å². The topological polar surface area (TPSA) is 41.5 Å². The summed E-state index contributed by atoms with van der Waals surface area (Å²) in [7, 11) is 0. The van der Waals surface area contributed by atoms with Gasteiger partial charge in [-0.15, -0.1) is 0 Å². The first kappa shape index (κ1) is 15.3. The van der Waals surface area contributed by atoms with Crippen molar-refractivity contribution in [3.05, 3.63) is 29.8 Å². The summed E-state index contributed by atoms with van der Waals surface area (Å²) in [5, 5.41) is 13.9. The maximum absolute atomic E-state index is 10.5. The summed E-state index contributed by atoms with van der Waals surface area (Å²) >= 11 is 0. The van der Waals surface area contributed by atoms with E-state index in [0.717, 1.165) is 43.5 Å². The fraction of sp³-hybridized carbons (Fsp3) is 0.647. The van der Waals surface area contributed by atoms with Crippen molar-refractivity contribution in [1.82, 2.24) is 5.32 Å². The predicted octanol–water partition coefficient (Wildman–Crippen LogP) is 3.26. The van der Waals surface area contributed by atoms with Crippen LogP contribution < -0.4 is 10.1 Å². The minimum absolute atomic E-state index is 0.179. The second-order valence-corrected chi connectivity index (χ2v) is 6.16. The van der Waals surface area contributed by atoms with Gasteiger partial charge < -0.3 is 15.2 Å². The van der Waals surface area contributed by atoms with Crippen LogP contribution in [0, 0.1) is 0 Å². The Bertz CT molecular complexity index is 411. The summed E-state index contributed by atoms with van der Waals surface area (Å²) in [5.41, 5.74) is 0.646. The molecule has 0 amide bonds. The SMILES string of the molecule is CC(C)Oc1ccccc1CNCC1(O)CCCCC1. The van der Waals surface area contributed by atoms with Gasteiger partial charge in [0.15, 0.2) is 0 Å². The first-order valence-corrected chi connectivity index (χ1v) is 7.77. The number of benzene rings is 1. The zero-order valence-corrected chi connectivity index (χ0v) is 12.7. The Kier molecular flexibility index (Phi) is 5.44. The Morgan fingerprint density at radius 1 is 1.20 bits per heavy atom. The molecule has 112 valence electrons. The van der Waals surface area contributed by atoms with E-state index in [1.165, 1.54) is 6.42 Å². The maximum atomic E-state index is 10.5. The standard InChI is InChI=1S/C17H27NO2/c1-14(2)20-16-9-5-4-8-15(16)12-18-13-17(19)10-6-3-7-11-17/h4-5,8-9,14,18-19H,3,6-7,10-13H2,1-2H3. The van der Waals surface area contributed by atoms with E-state index in [-0.39, 0.29) is 6.10 Å². The minimum atomic E-state index is -0.508. The van der Waals surface area contributed by atoms with E-state index in [0.29, 0.717) is 6.54 Å². The van der Waals surface area contributed by atoms with Gasteiger partial charge in [-0.25, -0.2) is 0 Å². The molecule has 0 aliphatic heterocycles. The smallest absolute Gasteiger partial charge is 0.124 e. The lowest BCUT2D eigenvalue weighted by Gasteiger charge is -2.32. The van der Waals surface area contributed by atoms with E-state index in [1.54, 1.807) is 0 Å². The van der Waals surface area contributed by atoms with Gasteiger partial charge >= 0.3 is 0 Å². The summed E-state index contributed by atoms with van der Waals surface area (Å²) in [4.78, 5) is 0. The lowest BCUT2D eigenvalue weighted by atomic mass is 9.85. The van der Waals surface area contributed by atoms with Gasteiger partial charge in [-0.2, -0.15) is 0 Å². The number of hydrogen-bond acceptors (Lipinski definition) is 3. The van der Waals surface area contributed by atoms with Crippen LogP contribution >= 0.6 is 0 Å². The average Bonchev–Trinajstić information content (AvgIpc) is 2.41. The predicted molar refractivity (Wildman–Crippen MR) is 81.9 cm³/mol. The summed E-state index contributed by atoms with van der Waals surface area (Å²) in [6, 6.07) is 8.11. The molecule has 1 aromatic rings. The van der Waals surface area contributed by atoms with Crippen molar-refractivity contribution in [1.29, 1.82) is 0 Å². The normalized spacial score (nSPS) is 18.2. The molecule has 0 aromatic heterocycles. The Morgan fingerprint density at radius 3 is 2.60 bits per heavy atom. The number of nitrogens with one attached hydrogen (secondary N) is 1. The van der Waals surface area contributed by atoms with E-state index in [2.05, 4.69) is 11.4 Å². The van der Waals surface area contributed by atoms with Gasteiger partial charge in [0.2, 0.25) is 0 Å². The second-order valence-electron chi connectivity index (χ2n) is 6.16. The molecule has 20 heavy (non-hydrogen) atoms. The molecule has 0 spiro atoms. The number of rotatable bonds is 6. The molecule has 0 saturated heterocycles. The molecule has 2 rings (SSSR count). The molecule has 3 heteroatoms. The minimum Gasteiger partial charge on any atom is -0.491 e. The highest BCUT2D eigenvalue weighted by atomic mass is 16.5. The fourth-order valence-corrected chi connectivity index (χ4v) is 2.84. The molecule has 1 saturated carbocycles. The molecular formula is C17H27NO2. The first-order valence-electron chi connectivity index (χ1n) is 7.77. The fourth-order valence-electron chi connectivity index (χ4n) is 2.84. The third-order valence-corrected chi connectivity index (χ3v) is 3.89. The number of ether oxygens (including phenoxy) is 1. The molecule has 3 nitrogen and oxygen atoms in total. The van der Waals surface area contributed by atoms with Crippen LogP contribution in [-0.2, 0) is 6.54 Å². The summed E-state index contributed by atoms with van der Waals surface area (Å²) < 4.78 is 5.81. The van der Waals surface area contributed by atoms with Crippen molar-refractivity contribution in [3.8, 4) is 5.75 Å². The van der Waals surface area contributed by atoms with Gasteiger partial charge in [-0.3, -0.25) is 0 Å². The maximum Gasteiger partial charge on any atom is 0.124 e. The van der Waals surface area contributed by atoms with Crippen LogP contribution in [0.15, 0.2) is 24.3 Å². The van der Waals surface area contributed by atoms with Crippen molar-refractivity contribution in [2.45, 2.75) is 64.2 Å². The summed E-state index contributed by atoms with van der Waals surface area (Å²) in [6.45, 7) is 5.48. The highest BCUT2D eigenvalue weighted by Crippen LogP contribution is 2.27. The first-order chi connectivity index (χ1) is 9.59. The molecule has 0 heterocycles. The molecule has 1 fully saturated rings. The van der Waals surface area contributed by atoms with Crippen LogP contribution in [0.1, 0.15) is 51.5 Å². The quantitative estimate of drug-likeness (QED) is 0.838. The van der Waals surface area contributed by atoms with Gasteiger partial charge in [0.25, 0.3) is 0 Å². The van der Waals surface area contributed by atoms with E-state index in [1.807, 2.05) is 32.0 Å². The monoisotopic (exact) mass is 277 g/mol. The number of hydrogen-bond donors (Lipinski definition) is 2. The molecule has 1 aromatic carbocycles. The Labute approximate surface area is 122 Å². The Hall–Kier alpha value is -1.06. The summed E-state index contributed by atoms with van der Waals surface area (Å²) in [6.07, 6.45) is 5.57. The zero-order valence-electron chi connectivity index (χ0n) is 12.7. The van der Waals surface area contributed by atoms with Crippen molar-refractivity contribution in [3.63, 3.8) is 0 Å². The summed E-state index contributed by atoms with van der Waals surface area (Å²) in [5.74, 6) is 0.936. The lowest BCUT2D eigenvalue weighted by molar-refractivity contribution is 0.00461. The molecule has 0 unspecified atom stereocenters. The number of aliphatic hydroxyl groups is 1. The molecule has 1 aliphatic rings. The molecular weight excluding hydrogens is 250 g/mol. The molecule has 0 radical (unpaired) electrons. The van der Waals surface area contributed by atoms with Gasteiger partial charge in [0.05, 0.1) is 11.7 Å². The van der Waals surface area contributed by atoms with Crippen molar-refractivity contribution < 1.29 is 9.84 Å². The molecule has 0 atom stereocenters. The molecule has 0 bridgehead atoms. The highest BCUT2D eigenvalue weighted by Gasteiger charge is 2.28. The van der Waals surface area contributed by atoms with E-state index < -0.39 is 5.60 Å². The van der Waals surface area contributed by atoms with E-state index >= 15 is 0 Å². The van der Waals surface area contributed by atoms with Crippen LogP contribution in [0.5, 0.6) is 5.75 Å². The largest absolute Gasteiger partial charge is 0.491 e. The highest BCUT2D eigenvalue weighted by molar-refractivity contribution is 5.33. The lowest BCUT2D eigenvalue weighted by Crippen LogP contribution is -2.41. The Balaban J connectivity index is 1.87. The van der Waals surface area contributed by atoms with E-state index in [4.69, 9.17) is 4.74 Å². The number of para-hydroxylation sites is 1. The van der Waals surface area contributed by atoms with Crippen LogP contribution in [-0.4, -0.2) is 23.4 Å². The van der Waals surface area contributed by atoms with Crippen LogP contribution in [0.2, 0.25) is 0 Å². The van der Waals surface area contributed by atoms with E-state index in [9.17, 15) is 5.11 Å². The molecule has 2 N–H and O–H groups in total. The second kappa shape index (κ2) is 7.09.